The zero-order valence-electron chi connectivity index (χ0n) is 12.9. The van der Waals surface area contributed by atoms with Crippen molar-refractivity contribution >= 4 is 0 Å². The van der Waals surface area contributed by atoms with E-state index < -0.39 is 0 Å². The van der Waals surface area contributed by atoms with E-state index in [0.717, 1.165) is 19.2 Å². The topological polar surface area (TPSA) is 24.5 Å². The number of hydrogen-bond donors (Lipinski definition) is 1. The third kappa shape index (κ3) is 15.9. The summed E-state index contributed by atoms with van der Waals surface area (Å²) < 4.78 is 4.81. The van der Waals surface area contributed by atoms with E-state index in [9.17, 15) is 0 Å². The van der Waals surface area contributed by atoms with Crippen molar-refractivity contribution in [1.29, 1.82) is 0 Å². The molecule has 0 saturated heterocycles. The fourth-order valence-electron chi connectivity index (χ4n) is 1.67. The van der Waals surface area contributed by atoms with E-state index in [4.69, 9.17) is 4.74 Å². The fraction of sp³-hybridized carbons (Fsp3) is 1.00. The fourth-order valence-corrected chi connectivity index (χ4v) is 1.67. The Morgan fingerprint density at radius 2 is 1.65 bits per heavy atom. The highest BCUT2D eigenvalue weighted by molar-refractivity contribution is 4.68. The lowest BCUT2D eigenvalue weighted by Gasteiger charge is -2.20. The smallest absolute Gasteiger partial charge is 0.0589 e. The third-order valence-electron chi connectivity index (χ3n) is 2.76. The summed E-state index contributed by atoms with van der Waals surface area (Å²) in [6, 6.07) is 0.837. The zero-order chi connectivity index (χ0) is 13.5. The van der Waals surface area contributed by atoms with Crippen LogP contribution in [0.2, 0.25) is 0 Å². The average Bonchev–Trinajstić information content (AvgIpc) is 2.40. The Hall–Kier alpha value is -0.120. The minimum atomic E-state index is 0.826. The summed E-state index contributed by atoms with van der Waals surface area (Å²) in [7, 11) is 7.83. The lowest BCUT2D eigenvalue weighted by atomic mass is 9.96. The van der Waals surface area contributed by atoms with Gasteiger partial charge in [-0.05, 0) is 34.0 Å². The first-order valence-electron chi connectivity index (χ1n) is 7.01. The SMILES string of the molecule is CC.CNC1CCCCC1.COCCN(C)C. The number of rotatable bonds is 4. The number of likely N-dealkylation sites (N-methyl/N-ethyl adjacent to an activating group) is 1. The maximum atomic E-state index is 4.81. The molecule has 0 unspecified atom stereocenters. The molecule has 3 heteroatoms. The van der Waals surface area contributed by atoms with Crippen LogP contribution in [-0.4, -0.2) is 52.3 Å². The molecule has 1 N–H and O–H groups in total. The molecule has 3 nitrogen and oxygen atoms in total. The molecule has 0 atom stereocenters. The average molecular weight is 246 g/mol. The standard InChI is InChI=1S/C7H15N.C5H13NO.C2H6/c1-8-7-5-3-2-4-6-7;1-6(2)4-5-7-3;1-2/h7-8H,2-6H2,1H3;4-5H2,1-3H3;1-2H3. The summed E-state index contributed by atoms with van der Waals surface area (Å²) >= 11 is 0. The van der Waals surface area contributed by atoms with Gasteiger partial charge in [-0.25, -0.2) is 0 Å². The lowest BCUT2D eigenvalue weighted by Crippen LogP contribution is -2.26. The number of hydrogen-bond acceptors (Lipinski definition) is 3. The minimum Gasteiger partial charge on any atom is -0.383 e. The van der Waals surface area contributed by atoms with Crippen molar-refractivity contribution in [3.8, 4) is 0 Å². The molecule has 0 aliphatic heterocycles. The van der Waals surface area contributed by atoms with Crippen molar-refractivity contribution in [2.24, 2.45) is 0 Å². The van der Waals surface area contributed by atoms with Crippen molar-refractivity contribution in [3.05, 3.63) is 0 Å². The Morgan fingerprint density at radius 1 is 1.12 bits per heavy atom. The molecule has 0 amide bonds. The van der Waals surface area contributed by atoms with Crippen LogP contribution in [0.4, 0.5) is 0 Å². The monoisotopic (exact) mass is 246 g/mol. The Kier molecular flexibility index (Phi) is 18.0. The summed E-state index contributed by atoms with van der Waals surface area (Å²) in [5, 5.41) is 3.30. The first-order chi connectivity index (χ1) is 8.20. The number of ether oxygens (including phenoxy) is 1. The van der Waals surface area contributed by atoms with E-state index in [2.05, 4.69) is 17.3 Å². The van der Waals surface area contributed by atoms with E-state index in [1.54, 1.807) is 7.11 Å². The highest BCUT2D eigenvalue weighted by atomic mass is 16.5. The molecule has 0 radical (unpaired) electrons. The van der Waals surface area contributed by atoms with Crippen LogP contribution < -0.4 is 5.32 Å². The molecule has 1 rings (SSSR count). The highest BCUT2D eigenvalue weighted by Gasteiger charge is 2.09. The molecule has 1 fully saturated rings. The van der Waals surface area contributed by atoms with E-state index >= 15 is 0 Å². The molecule has 1 aliphatic rings. The van der Waals surface area contributed by atoms with Gasteiger partial charge in [-0.1, -0.05) is 33.1 Å². The number of methoxy groups -OCH3 is 1. The van der Waals surface area contributed by atoms with Gasteiger partial charge in [-0.15, -0.1) is 0 Å². The van der Waals surface area contributed by atoms with Gasteiger partial charge in [0.1, 0.15) is 0 Å². The van der Waals surface area contributed by atoms with E-state index in [-0.39, 0.29) is 0 Å². The lowest BCUT2D eigenvalue weighted by molar-refractivity contribution is 0.172. The molecule has 0 heterocycles. The maximum absolute atomic E-state index is 4.81. The van der Waals surface area contributed by atoms with E-state index in [1.165, 1.54) is 32.1 Å². The van der Waals surface area contributed by atoms with Crippen LogP contribution in [-0.2, 0) is 4.74 Å². The Bertz CT molecular complexity index is 123. The predicted molar refractivity (Wildman–Crippen MR) is 77.7 cm³/mol. The van der Waals surface area contributed by atoms with Gasteiger partial charge >= 0.3 is 0 Å². The maximum Gasteiger partial charge on any atom is 0.0589 e. The first kappa shape index (κ1) is 19.2. The molecule has 1 aliphatic carbocycles. The second kappa shape index (κ2) is 15.9. The predicted octanol–water partition coefficient (Wildman–Crippen LogP) is 2.76. The van der Waals surface area contributed by atoms with Crippen molar-refractivity contribution in [2.75, 3.05) is 41.4 Å². The molecule has 0 aromatic rings. The number of nitrogens with one attached hydrogen (secondary N) is 1. The van der Waals surface area contributed by atoms with Gasteiger partial charge in [0.25, 0.3) is 0 Å². The molecule has 1 saturated carbocycles. The van der Waals surface area contributed by atoms with Crippen LogP contribution in [0.25, 0.3) is 0 Å². The molecule has 106 valence electrons. The van der Waals surface area contributed by atoms with Crippen LogP contribution in [0, 0.1) is 0 Å². The normalized spacial score (nSPS) is 15.7. The molecule has 0 aromatic heterocycles. The zero-order valence-corrected chi connectivity index (χ0v) is 12.9. The second-order valence-corrected chi connectivity index (χ2v) is 4.42. The van der Waals surface area contributed by atoms with Gasteiger partial charge in [-0.3, -0.25) is 0 Å². The third-order valence-corrected chi connectivity index (χ3v) is 2.76. The summed E-state index contributed by atoms with van der Waals surface area (Å²) in [6.07, 6.45) is 7.13. The molecule has 0 aromatic carbocycles. The van der Waals surface area contributed by atoms with Crippen molar-refractivity contribution < 1.29 is 4.74 Å². The quantitative estimate of drug-likeness (QED) is 0.825. The van der Waals surface area contributed by atoms with Gasteiger partial charge < -0.3 is 15.0 Å². The van der Waals surface area contributed by atoms with Crippen LogP contribution in [0.5, 0.6) is 0 Å². The Balaban J connectivity index is 0. The molecule has 0 bridgehead atoms. The van der Waals surface area contributed by atoms with Crippen molar-refractivity contribution in [1.82, 2.24) is 10.2 Å². The molecular formula is C14H34N2O. The molecule has 0 spiro atoms. The summed E-state index contributed by atoms with van der Waals surface area (Å²) in [5.74, 6) is 0. The Labute approximate surface area is 109 Å². The largest absolute Gasteiger partial charge is 0.383 e. The van der Waals surface area contributed by atoms with Crippen LogP contribution in [0.15, 0.2) is 0 Å². The summed E-state index contributed by atoms with van der Waals surface area (Å²) in [6.45, 7) is 5.84. The van der Waals surface area contributed by atoms with Gasteiger partial charge in [-0.2, -0.15) is 0 Å². The summed E-state index contributed by atoms with van der Waals surface area (Å²) in [4.78, 5) is 2.09. The number of nitrogens with zero attached hydrogens (tertiary/aromatic N) is 1. The second-order valence-electron chi connectivity index (χ2n) is 4.42. The van der Waals surface area contributed by atoms with Crippen LogP contribution in [0.3, 0.4) is 0 Å². The Morgan fingerprint density at radius 3 is 1.88 bits per heavy atom. The minimum absolute atomic E-state index is 0.826. The molecule has 17 heavy (non-hydrogen) atoms. The van der Waals surface area contributed by atoms with E-state index in [0.29, 0.717) is 0 Å². The van der Waals surface area contributed by atoms with Gasteiger partial charge in [0.15, 0.2) is 0 Å². The van der Waals surface area contributed by atoms with Gasteiger partial charge in [0.2, 0.25) is 0 Å². The van der Waals surface area contributed by atoms with Gasteiger partial charge in [0, 0.05) is 19.7 Å². The van der Waals surface area contributed by atoms with Crippen LogP contribution >= 0.6 is 0 Å². The first-order valence-corrected chi connectivity index (χ1v) is 7.01. The van der Waals surface area contributed by atoms with E-state index in [1.807, 2.05) is 27.9 Å². The van der Waals surface area contributed by atoms with Gasteiger partial charge in [0.05, 0.1) is 6.61 Å². The molecular weight excluding hydrogens is 212 g/mol. The van der Waals surface area contributed by atoms with Crippen LogP contribution in [0.1, 0.15) is 46.0 Å². The summed E-state index contributed by atoms with van der Waals surface area (Å²) in [5.41, 5.74) is 0. The highest BCUT2D eigenvalue weighted by Crippen LogP contribution is 2.16. The van der Waals surface area contributed by atoms with Crippen molar-refractivity contribution in [2.45, 2.75) is 52.0 Å². The van der Waals surface area contributed by atoms with Crippen molar-refractivity contribution in [3.63, 3.8) is 0 Å².